The van der Waals surface area contributed by atoms with E-state index < -0.39 is 26.4 Å². The Bertz CT molecular complexity index is 1570. The van der Waals surface area contributed by atoms with Crippen LogP contribution in [-0.4, -0.2) is 80.1 Å². The van der Waals surface area contributed by atoms with Gasteiger partial charge in [0.15, 0.2) is 21.5 Å². The quantitative estimate of drug-likeness (QED) is 0.459. The Hall–Kier alpha value is -3.74. The maximum atomic E-state index is 14.9. The lowest BCUT2D eigenvalue weighted by Gasteiger charge is -2.31. The molecule has 2 N–H and O–H groups in total. The first-order valence-electron chi connectivity index (χ1n) is 12.4. The van der Waals surface area contributed by atoms with Gasteiger partial charge in [0.05, 0.1) is 18.4 Å². The largest absolute Gasteiger partial charge is 0.325 e. The predicted octanol–water partition coefficient (Wildman–Crippen LogP) is 3.08. The van der Waals surface area contributed by atoms with Crippen molar-refractivity contribution in [2.45, 2.75) is 11.3 Å². The van der Waals surface area contributed by atoms with E-state index >= 15 is 0 Å². The summed E-state index contributed by atoms with van der Waals surface area (Å²) >= 11 is 0. The number of carbonyl (C=O) groups is 1. The molecule has 2 heterocycles. The third-order valence-electron chi connectivity index (χ3n) is 6.82. The molecule has 0 radical (unpaired) electrons. The lowest BCUT2D eigenvalue weighted by molar-refractivity contribution is -0.117. The van der Waals surface area contributed by atoms with Crippen LogP contribution in [0.3, 0.4) is 0 Å². The Morgan fingerprint density at radius 1 is 1.05 bits per heavy atom. The van der Waals surface area contributed by atoms with Gasteiger partial charge >= 0.3 is 0 Å². The average Bonchev–Trinajstić information content (AvgIpc) is 3.32. The number of anilines is 3. The van der Waals surface area contributed by atoms with E-state index in [0.717, 1.165) is 55.8 Å². The second-order valence-corrected chi connectivity index (χ2v) is 11.7. The Morgan fingerprint density at radius 2 is 1.77 bits per heavy atom. The van der Waals surface area contributed by atoms with Gasteiger partial charge in [-0.2, -0.15) is 0 Å². The molecule has 0 unspecified atom stereocenters. The number of nitrogens with zero attached hydrogens (tertiary/aromatic N) is 4. The van der Waals surface area contributed by atoms with Gasteiger partial charge in [-0.05, 0) is 42.8 Å². The Balaban J connectivity index is 1.36. The second kappa shape index (κ2) is 10.8. The zero-order valence-corrected chi connectivity index (χ0v) is 22.4. The molecule has 0 bridgehead atoms. The van der Waals surface area contributed by atoms with E-state index in [1.165, 1.54) is 12.1 Å². The fourth-order valence-electron chi connectivity index (χ4n) is 4.74. The van der Waals surface area contributed by atoms with Crippen LogP contribution in [0.4, 0.5) is 26.1 Å². The number of hydrogen-bond donors (Lipinski definition) is 2. The molecule has 2 aliphatic rings. The topological polar surface area (TPSA) is 108 Å². The first-order valence-corrected chi connectivity index (χ1v) is 14.3. The third-order valence-corrected chi connectivity index (χ3v) is 7.94. The van der Waals surface area contributed by atoms with E-state index in [0.29, 0.717) is 24.2 Å². The maximum absolute atomic E-state index is 14.9. The molecule has 0 atom stereocenters. The minimum Gasteiger partial charge on any atom is -0.325 e. The van der Waals surface area contributed by atoms with Crippen molar-refractivity contribution < 1.29 is 22.0 Å². The van der Waals surface area contributed by atoms with Crippen LogP contribution in [-0.2, 0) is 21.1 Å². The summed E-state index contributed by atoms with van der Waals surface area (Å²) in [7, 11) is -1.73. The Kier molecular flexibility index (Phi) is 7.43. The van der Waals surface area contributed by atoms with E-state index in [4.69, 9.17) is 0 Å². The van der Waals surface area contributed by atoms with Gasteiger partial charge in [-0.3, -0.25) is 9.69 Å². The van der Waals surface area contributed by atoms with Crippen molar-refractivity contribution in [1.82, 2.24) is 19.8 Å². The monoisotopic (exact) mass is 554 g/mol. The lowest BCUT2D eigenvalue weighted by atomic mass is 10.0. The zero-order valence-electron chi connectivity index (χ0n) is 21.5. The summed E-state index contributed by atoms with van der Waals surface area (Å²) in [6.07, 6.45) is 4.17. The summed E-state index contributed by atoms with van der Waals surface area (Å²) < 4.78 is 53.5. The minimum absolute atomic E-state index is 0.00633. The number of halogens is 2. The molecule has 1 aromatic heterocycles. The number of rotatable bonds is 7. The predicted molar refractivity (Wildman–Crippen MR) is 145 cm³/mol. The molecule has 1 fully saturated rings. The third kappa shape index (κ3) is 5.82. The Morgan fingerprint density at radius 3 is 2.51 bits per heavy atom. The average molecular weight is 555 g/mol. The number of amides is 1. The molecule has 12 heteroatoms. The first kappa shape index (κ1) is 26.9. The summed E-state index contributed by atoms with van der Waals surface area (Å²) in [5.41, 5.74) is 2.60. The number of nitrogens with one attached hydrogen (secondary N) is 2. The van der Waals surface area contributed by atoms with E-state index in [9.17, 15) is 22.0 Å². The molecule has 1 saturated heterocycles. The van der Waals surface area contributed by atoms with Crippen LogP contribution >= 0.6 is 0 Å². The van der Waals surface area contributed by atoms with Gasteiger partial charge in [-0.1, -0.05) is 24.3 Å². The van der Waals surface area contributed by atoms with Gasteiger partial charge < -0.3 is 15.5 Å². The number of sulfone groups is 1. The second-order valence-electron chi connectivity index (χ2n) is 9.69. The smallest absolute Gasteiger partial charge is 0.238 e. The van der Waals surface area contributed by atoms with Crippen LogP contribution < -0.4 is 10.6 Å². The molecule has 9 nitrogen and oxygen atoms in total. The molecule has 204 valence electrons. The van der Waals surface area contributed by atoms with Crippen molar-refractivity contribution >= 4 is 38.6 Å². The standard InChI is InChI=1S/C27H28F2N6O3S/c1-34-11-13-35(14-12-34)16-24(36)31-21-6-3-5-17-18(21)9-10-19(17)26-20(28)15-30-27(33-26)32-22-7-4-8-23(25(22)29)39(2,37)38/h3-8,10,15H,9,11-14,16H2,1-2H3,(H,31,36)(H,30,32,33). The van der Waals surface area contributed by atoms with Crippen LogP contribution in [0.5, 0.6) is 0 Å². The summed E-state index contributed by atoms with van der Waals surface area (Å²) in [5.74, 6) is -1.85. The van der Waals surface area contributed by atoms with E-state index in [2.05, 4.69) is 37.4 Å². The van der Waals surface area contributed by atoms with Crippen LogP contribution in [0.25, 0.3) is 5.57 Å². The molecule has 39 heavy (non-hydrogen) atoms. The van der Waals surface area contributed by atoms with Crippen molar-refractivity contribution in [3.63, 3.8) is 0 Å². The highest BCUT2D eigenvalue weighted by Crippen LogP contribution is 2.37. The lowest BCUT2D eigenvalue weighted by Crippen LogP contribution is -2.47. The molecule has 2 aromatic carbocycles. The number of fused-ring (bicyclic) bond motifs is 1. The van der Waals surface area contributed by atoms with E-state index in [-0.39, 0.29) is 23.2 Å². The van der Waals surface area contributed by atoms with Crippen molar-refractivity contribution in [3.05, 3.63) is 77.1 Å². The number of carbonyl (C=O) groups excluding carboxylic acids is 1. The molecule has 0 spiro atoms. The number of piperazine rings is 1. The zero-order chi connectivity index (χ0) is 27.7. The number of allylic oxidation sites excluding steroid dienone is 1. The normalized spacial score (nSPS) is 16.1. The number of hydrogen-bond acceptors (Lipinski definition) is 8. The van der Waals surface area contributed by atoms with Crippen molar-refractivity contribution in [2.24, 2.45) is 0 Å². The highest BCUT2D eigenvalue weighted by atomic mass is 32.2. The molecule has 0 saturated carbocycles. The fraction of sp³-hybridized carbons (Fsp3) is 0.296. The molecule has 3 aromatic rings. The summed E-state index contributed by atoms with van der Waals surface area (Å²) in [6.45, 7) is 3.78. The summed E-state index contributed by atoms with van der Waals surface area (Å²) in [4.78, 5) is 24.8. The van der Waals surface area contributed by atoms with Crippen LogP contribution in [0.15, 0.2) is 53.6 Å². The molecule has 1 aliphatic heterocycles. The number of aromatic nitrogens is 2. The van der Waals surface area contributed by atoms with Gasteiger partial charge in [0.1, 0.15) is 10.6 Å². The number of likely N-dealkylation sites (N-methyl/N-ethyl adjacent to an activating group) is 1. The van der Waals surface area contributed by atoms with Crippen LogP contribution in [0.2, 0.25) is 0 Å². The minimum atomic E-state index is -3.79. The highest BCUT2D eigenvalue weighted by molar-refractivity contribution is 7.90. The van der Waals surface area contributed by atoms with Crippen molar-refractivity contribution in [2.75, 3.05) is 56.7 Å². The summed E-state index contributed by atoms with van der Waals surface area (Å²) in [6, 6.07) is 9.33. The molecular weight excluding hydrogens is 526 g/mol. The van der Waals surface area contributed by atoms with Crippen LogP contribution in [0, 0.1) is 11.6 Å². The van der Waals surface area contributed by atoms with Crippen LogP contribution in [0.1, 0.15) is 16.8 Å². The van der Waals surface area contributed by atoms with Gasteiger partial charge in [-0.15, -0.1) is 0 Å². The summed E-state index contributed by atoms with van der Waals surface area (Å²) in [5, 5.41) is 5.66. The molecule has 5 rings (SSSR count). The van der Waals surface area contributed by atoms with Gasteiger partial charge in [-0.25, -0.2) is 27.2 Å². The maximum Gasteiger partial charge on any atom is 0.238 e. The van der Waals surface area contributed by atoms with Crippen molar-refractivity contribution in [3.8, 4) is 0 Å². The highest BCUT2D eigenvalue weighted by Gasteiger charge is 2.25. The SMILES string of the molecule is CN1CCN(CC(=O)Nc2cccc3c2CC=C3c2nc(Nc3cccc(S(C)(=O)=O)c3F)ncc2F)CC1. The Labute approximate surface area is 225 Å². The fourth-order valence-corrected chi connectivity index (χ4v) is 5.50. The first-order chi connectivity index (χ1) is 18.6. The molecular formula is C27H28F2N6O3S. The molecule has 1 amide bonds. The van der Waals surface area contributed by atoms with E-state index in [1.807, 2.05) is 18.2 Å². The van der Waals surface area contributed by atoms with Crippen molar-refractivity contribution in [1.29, 1.82) is 0 Å². The van der Waals surface area contributed by atoms with Gasteiger partial charge in [0, 0.05) is 43.7 Å². The molecule has 1 aliphatic carbocycles. The van der Waals surface area contributed by atoms with Gasteiger partial charge in [0.2, 0.25) is 11.9 Å². The number of benzene rings is 2. The van der Waals surface area contributed by atoms with Gasteiger partial charge in [0.25, 0.3) is 0 Å². The van der Waals surface area contributed by atoms with E-state index in [1.54, 1.807) is 6.07 Å².